The van der Waals surface area contributed by atoms with Gasteiger partial charge >= 0.3 is 5.97 Å². The summed E-state index contributed by atoms with van der Waals surface area (Å²) in [6.07, 6.45) is 1.18. The van der Waals surface area contributed by atoms with Crippen LogP contribution in [0, 0.1) is 0 Å². The van der Waals surface area contributed by atoms with Crippen molar-refractivity contribution in [3.05, 3.63) is 23.8 Å². The lowest BCUT2D eigenvalue weighted by molar-refractivity contribution is -0.137. The van der Waals surface area contributed by atoms with Crippen LogP contribution in [0.25, 0.3) is 0 Å². The van der Waals surface area contributed by atoms with Gasteiger partial charge in [0.2, 0.25) is 6.79 Å². The van der Waals surface area contributed by atoms with Gasteiger partial charge in [-0.2, -0.15) is 0 Å². The van der Waals surface area contributed by atoms with E-state index in [2.05, 4.69) is 11.8 Å². The van der Waals surface area contributed by atoms with Gasteiger partial charge in [-0.05, 0) is 30.7 Å². The van der Waals surface area contributed by atoms with Gasteiger partial charge in [0.05, 0.1) is 6.42 Å². The van der Waals surface area contributed by atoms with Crippen LogP contribution in [0.15, 0.2) is 18.2 Å². The number of carbonyl (C=O) groups is 1. The average molecular weight is 265 g/mol. The highest BCUT2D eigenvalue weighted by atomic mass is 16.7. The zero-order chi connectivity index (χ0) is 13.7. The lowest BCUT2D eigenvalue weighted by Gasteiger charge is -2.21. The van der Waals surface area contributed by atoms with Gasteiger partial charge in [0.15, 0.2) is 11.5 Å². The highest BCUT2D eigenvalue weighted by Gasteiger charge is 2.14. The number of benzene rings is 1. The Balaban J connectivity index is 1.97. The molecule has 0 saturated carbocycles. The van der Waals surface area contributed by atoms with Crippen molar-refractivity contribution < 1.29 is 19.4 Å². The number of carboxylic acid groups (broad SMARTS) is 1. The molecule has 0 fully saturated rings. The predicted molar refractivity (Wildman–Crippen MR) is 70.4 cm³/mol. The van der Waals surface area contributed by atoms with Crippen molar-refractivity contribution in [2.75, 3.05) is 19.9 Å². The lowest BCUT2D eigenvalue weighted by Crippen LogP contribution is -2.26. The molecule has 1 aromatic rings. The van der Waals surface area contributed by atoms with E-state index in [1.54, 1.807) is 0 Å². The van der Waals surface area contributed by atoms with Gasteiger partial charge in [0, 0.05) is 13.1 Å². The fourth-order valence-corrected chi connectivity index (χ4v) is 2.14. The third-order valence-electron chi connectivity index (χ3n) is 3.02. The summed E-state index contributed by atoms with van der Waals surface area (Å²) in [6, 6.07) is 5.86. The first-order valence-corrected chi connectivity index (χ1v) is 6.51. The predicted octanol–water partition coefficient (Wildman–Crippen LogP) is 2.10. The number of ether oxygens (including phenoxy) is 2. The van der Waals surface area contributed by atoms with E-state index in [1.807, 2.05) is 18.2 Å². The maximum absolute atomic E-state index is 10.7. The number of rotatable bonds is 7. The van der Waals surface area contributed by atoms with Crippen molar-refractivity contribution in [1.82, 2.24) is 4.90 Å². The highest BCUT2D eigenvalue weighted by molar-refractivity contribution is 5.66. The van der Waals surface area contributed by atoms with Crippen LogP contribution in [-0.4, -0.2) is 35.9 Å². The third kappa shape index (κ3) is 3.86. The molecule has 0 atom stereocenters. The van der Waals surface area contributed by atoms with E-state index in [0.717, 1.165) is 36.6 Å². The second-order valence-electron chi connectivity index (χ2n) is 4.61. The van der Waals surface area contributed by atoms with E-state index < -0.39 is 5.97 Å². The van der Waals surface area contributed by atoms with Crippen LogP contribution in [0.4, 0.5) is 0 Å². The molecule has 0 spiro atoms. The molecule has 1 heterocycles. The Morgan fingerprint density at radius 3 is 2.84 bits per heavy atom. The van der Waals surface area contributed by atoms with Crippen molar-refractivity contribution in [2.24, 2.45) is 0 Å². The minimum atomic E-state index is -0.758. The van der Waals surface area contributed by atoms with Crippen molar-refractivity contribution in [1.29, 1.82) is 0 Å². The SMILES string of the molecule is CCCN(CCC(=O)O)Cc1ccc2c(c1)OCO2. The first kappa shape index (κ1) is 13.7. The Labute approximate surface area is 112 Å². The molecular formula is C14H19NO4. The number of hydrogen-bond donors (Lipinski definition) is 1. The molecule has 5 heteroatoms. The van der Waals surface area contributed by atoms with Crippen LogP contribution >= 0.6 is 0 Å². The zero-order valence-corrected chi connectivity index (χ0v) is 11.1. The van der Waals surface area contributed by atoms with Crippen LogP contribution < -0.4 is 9.47 Å². The van der Waals surface area contributed by atoms with E-state index >= 15 is 0 Å². The summed E-state index contributed by atoms with van der Waals surface area (Å²) in [6.45, 7) is 4.56. The number of aliphatic carboxylic acids is 1. The highest BCUT2D eigenvalue weighted by Crippen LogP contribution is 2.32. The number of carboxylic acids is 1. The van der Waals surface area contributed by atoms with E-state index in [4.69, 9.17) is 14.6 Å². The van der Waals surface area contributed by atoms with Gasteiger partial charge in [0.1, 0.15) is 0 Å². The molecule has 0 unspecified atom stereocenters. The van der Waals surface area contributed by atoms with Gasteiger partial charge in [0.25, 0.3) is 0 Å². The molecule has 5 nitrogen and oxygen atoms in total. The van der Waals surface area contributed by atoms with E-state index in [-0.39, 0.29) is 13.2 Å². The minimum absolute atomic E-state index is 0.171. The van der Waals surface area contributed by atoms with Crippen LogP contribution in [0.1, 0.15) is 25.3 Å². The van der Waals surface area contributed by atoms with Crippen LogP contribution in [0.3, 0.4) is 0 Å². The van der Waals surface area contributed by atoms with Gasteiger partial charge in [-0.3, -0.25) is 9.69 Å². The van der Waals surface area contributed by atoms with Gasteiger partial charge in [-0.25, -0.2) is 0 Å². The second kappa shape index (κ2) is 6.43. The van der Waals surface area contributed by atoms with E-state index in [1.165, 1.54) is 0 Å². The topological polar surface area (TPSA) is 59.0 Å². The molecule has 104 valence electrons. The van der Waals surface area contributed by atoms with Gasteiger partial charge < -0.3 is 14.6 Å². The van der Waals surface area contributed by atoms with Crippen LogP contribution in [0.2, 0.25) is 0 Å². The summed E-state index contributed by atoms with van der Waals surface area (Å²) in [5.74, 6) is 0.787. The average Bonchev–Trinajstić information content (AvgIpc) is 2.83. The molecule has 1 N–H and O–H groups in total. The smallest absolute Gasteiger partial charge is 0.304 e. The molecule has 0 amide bonds. The Morgan fingerprint density at radius 1 is 1.32 bits per heavy atom. The monoisotopic (exact) mass is 265 g/mol. The van der Waals surface area contributed by atoms with Crippen molar-refractivity contribution in [3.8, 4) is 11.5 Å². The van der Waals surface area contributed by atoms with Gasteiger partial charge in [-0.15, -0.1) is 0 Å². The summed E-state index contributed by atoms with van der Waals surface area (Å²) >= 11 is 0. The Bertz CT molecular complexity index is 447. The largest absolute Gasteiger partial charge is 0.481 e. The summed E-state index contributed by atoms with van der Waals surface area (Å²) < 4.78 is 10.6. The van der Waals surface area contributed by atoms with Crippen LogP contribution in [0.5, 0.6) is 11.5 Å². The molecule has 1 aromatic carbocycles. The Morgan fingerprint density at radius 2 is 2.11 bits per heavy atom. The fraction of sp³-hybridized carbons (Fsp3) is 0.500. The molecular weight excluding hydrogens is 246 g/mol. The molecule has 19 heavy (non-hydrogen) atoms. The second-order valence-corrected chi connectivity index (χ2v) is 4.61. The molecule has 0 radical (unpaired) electrons. The van der Waals surface area contributed by atoms with Crippen molar-refractivity contribution >= 4 is 5.97 Å². The molecule has 1 aliphatic rings. The summed E-state index contributed by atoms with van der Waals surface area (Å²) in [4.78, 5) is 12.8. The first-order chi connectivity index (χ1) is 9.19. The third-order valence-corrected chi connectivity index (χ3v) is 3.02. The maximum atomic E-state index is 10.7. The number of nitrogens with zero attached hydrogens (tertiary/aromatic N) is 1. The molecule has 0 saturated heterocycles. The normalized spacial score (nSPS) is 12.9. The number of hydrogen-bond acceptors (Lipinski definition) is 4. The quantitative estimate of drug-likeness (QED) is 0.818. The van der Waals surface area contributed by atoms with E-state index in [9.17, 15) is 4.79 Å². The Kier molecular flexibility index (Phi) is 4.63. The molecule has 0 aliphatic carbocycles. The summed E-state index contributed by atoms with van der Waals surface area (Å²) in [7, 11) is 0. The van der Waals surface area contributed by atoms with Crippen LogP contribution in [-0.2, 0) is 11.3 Å². The molecule has 0 bridgehead atoms. The summed E-state index contributed by atoms with van der Waals surface area (Å²) in [5, 5.41) is 8.76. The zero-order valence-electron chi connectivity index (χ0n) is 11.1. The van der Waals surface area contributed by atoms with Crippen molar-refractivity contribution in [2.45, 2.75) is 26.3 Å². The number of fused-ring (bicyclic) bond motifs is 1. The maximum Gasteiger partial charge on any atom is 0.304 e. The standard InChI is InChI=1S/C14H19NO4/c1-2-6-15(7-5-14(16)17)9-11-3-4-12-13(8-11)19-10-18-12/h3-4,8H,2,5-7,9-10H2,1H3,(H,16,17). The van der Waals surface area contributed by atoms with Crippen molar-refractivity contribution in [3.63, 3.8) is 0 Å². The first-order valence-electron chi connectivity index (χ1n) is 6.51. The molecule has 1 aliphatic heterocycles. The van der Waals surface area contributed by atoms with E-state index in [0.29, 0.717) is 6.54 Å². The summed E-state index contributed by atoms with van der Waals surface area (Å²) in [5.41, 5.74) is 1.11. The molecule has 2 rings (SSSR count). The van der Waals surface area contributed by atoms with Gasteiger partial charge in [-0.1, -0.05) is 13.0 Å². The minimum Gasteiger partial charge on any atom is -0.481 e. The molecule has 0 aromatic heterocycles. The lowest BCUT2D eigenvalue weighted by atomic mass is 10.2. The Hall–Kier alpha value is -1.75. The fourth-order valence-electron chi connectivity index (χ4n) is 2.14.